The van der Waals surface area contributed by atoms with Crippen molar-refractivity contribution in [2.75, 3.05) is 13.7 Å². The molecular weight excluding hydrogens is 236 g/mol. The fraction of sp³-hybridized carbons (Fsp3) is 1.00. The number of ether oxygens (including phenoxy) is 4. The summed E-state index contributed by atoms with van der Waals surface area (Å²) in [5.41, 5.74) is 0. The first-order chi connectivity index (χ1) is 8.57. The fourth-order valence-corrected chi connectivity index (χ4v) is 1.38. The molecule has 0 radical (unpaired) electrons. The second kappa shape index (κ2) is 10.7. The van der Waals surface area contributed by atoms with E-state index >= 15 is 0 Å². The average molecular weight is 264 g/mol. The molecule has 5 heteroatoms. The van der Waals surface area contributed by atoms with Gasteiger partial charge in [-0.25, -0.2) is 0 Å². The van der Waals surface area contributed by atoms with Crippen LogP contribution in [-0.4, -0.2) is 43.8 Å². The molecule has 0 aliphatic heterocycles. The summed E-state index contributed by atoms with van der Waals surface area (Å²) in [6.07, 6.45) is 0.717. The smallest absolute Gasteiger partial charge is 0.163 e. The Morgan fingerprint density at radius 1 is 0.889 bits per heavy atom. The first-order valence-corrected chi connectivity index (χ1v) is 6.70. The van der Waals surface area contributed by atoms with E-state index in [-0.39, 0.29) is 25.5 Å². The van der Waals surface area contributed by atoms with Gasteiger partial charge in [0.1, 0.15) is 0 Å². The molecule has 0 rings (SSSR count). The molecule has 0 aliphatic rings. The molecule has 0 aromatic carbocycles. The molecule has 0 aromatic heterocycles. The van der Waals surface area contributed by atoms with Gasteiger partial charge in [0, 0.05) is 7.11 Å². The van der Waals surface area contributed by atoms with E-state index in [1.165, 1.54) is 0 Å². The maximum Gasteiger partial charge on any atom is 0.163 e. The Morgan fingerprint density at radius 3 is 1.78 bits per heavy atom. The molecular formula is C13H28O5. The normalized spacial score (nSPS) is 18.3. The van der Waals surface area contributed by atoms with Crippen LogP contribution in [0.15, 0.2) is 0 Å². The van der Waals surface area contributed by atoms with E-state index in [9.17, 15) is 5.11 Å². The molecule has 110 valence electrons. The summed E-state index contributed by atoms with van der Waals surface area (Å²) in [4.78, 5) is 0. The first kappa shape index (κ1) is 17.8. The van der Waals surface area contributed by atoms with Gasteiger partial charge >= 0.3 is 0 Å². The van der Waals surface area contributed by atoms with Crippen molar-refractivity contribution >= 4 is 0 Å². The molecule has 0 fully saturated rings. The van der Waals surface area contributed by atoms with Crippen LogP contribution in [0.25, 0.3) is 0 Å². The zero-order valence-corrected chi connectivity index (χ0v) is 12.2. The molecule has 4 unspecified atom stereocenters. The third-order valence-electron chi connectivity index (χ3n) is 2.39. The van der Waals surface area contributed by atoms with E-state index in [0.29, 0.717) is 12.8 Å². The van der Waals surface area contributed by atoms with Gasteiger partial charge in [-0.3, -0.25) is 0 Å². The molecule has 0 aromatic rings. The first-order valence-electron chi connectivity index (χ1n) is 6.70. The molecule has 0 heterocycles. The van der Waals surface area contributed by atoms with Crippen LogP contribution in [0.2, 0.25) is 0 Å². The van der Waals surface area contributed by atoms with Crippen molar-refractivity contribution in [3.05, 3.63) is 0 Å². The van der Waals surface area contributed by atoms with Crippen molar-refractivity contribution < 1.29 is 24.1 Å². The monoisotopic (exact) mass is 264 g/mol. The van der Waals surface area contributed by atoms with E-state index in [1.807, 2.05) is 20.8 Å². The molecule has 18 heavy (non-hydrogen) atoms. The lowest BCUT2D eigenvalue weighted by Crippen LogP contribution is -2.31. The fourth-order valence-electron chi connectivity index (χ4n) is 1.38. The Morgan fingerprint density at radius 2 is 1.39 bits per heavy atom. The number of rotatable bonds is 11. The van der Waals surface area contributed by atoms with Gasteiger partial charge in [0.2, 0.25) is 0 Å². The molecule has 1 N–H and O–H groups in total. The number of hydrogen-bond donors (Lipinski definition) is 1. The summed E-state index contributed by atoms with van der Waals surface area (Å²) in [6, 6.07) is 0. The predicted molar refractivity (Wildman–Crippen MR) is 69.0 cm³/mol. The van der Waals surface area contributed by atoms with E-state index in [1.54, 1.807) is 14.0 Å². The lowest BCUT2D eigenvalue weighted by atomic mass is 10.4. The lowest BCUT2D eigenvalue weighted by molar-refractivity contribution is -0.293. The Labute approximate surface area is 110 Å². The minimum Gasteiger partial charge on any atom is -0.391 e. The largest absolute Gasteiger partial charge is 0.391 e. The summed E-state index contributed by atoms with van der Waals surface area (Å²) in [5, 5.41) is 9.18. The van der Waals surface area contributed by atoms with Gasteiger partial charge in [-0.2, -0.15) is 0 Å². The maximum atomic E-state index is 9.18. The van der Waals surface area contributed by atoms with Crippen molar-refractivity contribution in [1.29, 1.82) is 0 Å². The summed E-state index contributed by atoms with van der Waals surface area (Å²) >= 11 is 0. The van der Waals surface area contributed by atoms with Crippen LogP contribution < -0.4 is 0 Å². The zero-order valence-electron chi connectivity index (χ0n) is 12.2. The molecule has 4 atom stereocenters. The van der Waals surface area contributed by atoms with Gasteiger partial charge in [0.05, 0.1) is 12.7 Å². The van der Waals surface area contributed by atoms with Gasteiger partial charge < -0.3 is 24.1 Å². The van der Waals surface area contributed by atoms with Gasteiger partial charge in [-0.15, -0.1) is 0 Å². The van der Waals surface area contributed by atoms with Gasteiger partial charge in [-0.1, -0.05) is 20.8 Å². The highest BCUT2D eigenvalue weighted by Gasteiger charge is 2.18. The maximum absolute atomic E-state index is 9.18. The number of hydrogen-bond acceptors (Lipinski definition) is 5. The van der Waals surface area contributed by atoms with Crippen molar-refractivity contribution in [2.24, 2.45) is 0 Å². The van der Waals surface area contributed by atoms with E-state index in [4.69, 9.17) is 18.9 Å². The van der Waals surface area contributed by atoms with Crippen LogP contribution in [0.1, 0.15) is 47.0 Å². The van der Waals surface area contributed by atoms with Crippen LogP contribution in [0, 0.1) is 0 Å². The standard InChI is InChI=1S/C13H28O5/c1-6-11(15-5)17-13(8-3)18-12(7-2)16-9-10(4)14/h10-14H,6-9H2,1-5H3. The molecule has 0 aliphatic carbocycles. The SMILES string of the molecule is CCC(OC)OC(CC)OC(CC)OCC(C)O. The van der Waals surface area contributed by atoms with Gasteiger partial charge in [0.25, 0.3) is 0 Å². The Bertz CT molecular complexity index is 182. The summed E-state index contributed by atoms with van der Waals surface area (Å²) < 4.78 is 22.0. The molecule has 5 nitrogen and oxygen atoms in total. The zero-order chi connectivity index (χ0) is 14.0. The molecule has 0 amide bonds. The summed E-state index contributed by atoms with van der Waals surface area (Å²) in [6.45, 7) is 7.87. The summed E-state index contributed by atoms with van der Waals surface area (Å²) in [5.74, 6) is 0. The number of methoxy groups -OCH3 is 1. The van der Waals surface area contributed by atoms with E-state index < -0.39 is 6.10 Å². The third kappa shape index (κ3) is 8.00. The van der Waals surface area contributed by atoms with Gasteiger partial charge in [0.15, 0.2) is 18.9 Å². The average Bonchev–Trinajstić information content (AvgIpc) is 2.38. The number of aliphatic hydroxyl groups excluding tert-OH is 1. The Hall–Kier alpha value is -0.200. The molecule has 0 spiro atoms. The quantitative estimate of drug-likeness (QED) is 0.580. The van der Waals surface area contributed by atoms with E-state index in [2.05, 4.69) is 0 Å². The van der Waals surface area contributed by atoms with Crippen LogP contribution >= 0.6 is 0 Å². The van der Waals surface area contributed by atoms with Crippen molar-refractivity contribution in [3.63, 3.8) is 0 Å². The highest BCUT2D eigenvalue weighted by Crippen LogP contribution is 2.13. The molecule has 0 saturated carbocycles. The van der Waals surface area contributed by atoms with Crippen molar-refractivity contribution in [1.82, 2.24) is 0 Å². The third-order valence-corrected chi connectivity index (χ3v) is 2.39. The lowest BCUT2D eigenvalue weighted by Gasteiger charge is -2.26. The second-order valence-corrected chi connectivity index (χ2v) is 4.20. The predicted octanol–water partition coefficient (Wildman–Crippen LogP) is 2.27. The topological polar surface area (TPSA) is 57.2 Å². The Kier molecular flexibility index (Phi) is 10.6. The van der Waals surface area contributed by atoms with Crippen molar-refractivity contribution in [2.45, 2.75) is 71.9 Å². The Balaban J connectivity index is 4.13. The van der Waals surface area contributed by atoms with Crippen LogP contribution in [0.5, 0.6) is 0 Å². The van der Waals surface area contributed by atoms with Gasteiger partial charge in [-0.05, 0) is 26.2 Å². The van der Waals surface area contributed by atoms with Crippen LogP contribution in [0.4, 0.5) is 0 Å². The van der Waals surface area contributed by atoms with E-state index in [0.717, 1.165) is 6.42 Å². The summed E-state index contributed by atoms with van der Waals surface area (Å²) in [7, 11) is 1.61. The second-order valence-electron chi connectivity index (χ2n) is 4.20. The number of aliphatic hydroxyl groups is 1. The van der Waals surface area contributed by atoms with Crippen molar-refractivity contribution in [3.8, 4) is 0 Å². The molecule has 0 saturated heterocycles. The molecule has 0 bridgehead atoms. The van der Waals surface area contributed by atoms with Crippen LogP contribution in [-0.2, 0) is 18.9 Å². The van der Waals surface area contributed by atoms with Crippen LogP contribution in [0.3, 0.4) is 0 Å². The minimum atomic E-state index is -0.494. The minimum absolute atomic E-state index is 0.260. The highest BCUT2D eigenvalue weighted by molar-refractivity contribution is 4.50. The highest BCUT2D eigenvalue weighted by atomic mass is 16.8.